The molecule has 0 aliphatic rings. The van der Waals surface area contributed by atoms with E-state index in [1.165, 1.54) is 11.8 Å². The van der Waals surface area contributed by atoms with Crippen LogP contribution in [0.25, 0.3) is 0 Å². The highest BCUT2D eigenvalue weighted by molar-refractivity contribution is 8.13. The van der Waals surface area contributed by atoms with Gasteiger partial charge in [-0.2, -0.15) is 0 Å². The van der Waals surface area contributed by atoms with Crippen LogP contribution in [0, 0.1) is 11.8 Å². The fraction of sp³-hybridized carbons (Fsp3) is 0.375. The predicted molar refractivity (Wildman–Crippen MR) is 81.7 cm³/mol. The first-order valence-electron chi connectivity index (χ1n) is 6.30. The molecular weight excluding hydrogens is 272 g/mol. The fourth-order valence-corrected chi connectivity index (χ4v) is 2.00. The van der Waals surface area contributed by atoms with E-state index in [9.17, 15) is 9.59 Å². The van der Waals surface area contributed by atoms with Crippen molar-refractivity contribution >= 4 is 22.8 Å². The van der Waals surface area contributed by atoms with Crippen LogP contribution in [0.15, 0.2) is 24.3 Å². The fourth-order valence-electron chi connectivity index (χ4n) is 1.50. The van der Waals surface area contributed by atoms with Gasteiger partial charge in [0.25, 0.3) is 0 Å². The van der Waals surface area contributed by atoms with Gasteiger partial charge < -0.3 is 5.11 Å². The lowest BCUT2D eigenvalue weighted by atomic mass is 9.84. The standard InChI is InChI=1S/C16H18O3S/c1-12(17)20-11-5-4-6-13-7-9-14(10-8-13)16(2,3)15(18)19/h7-10H,5,11H2,1-3H3,(H,18,19). The van der Waals surface area contributed by atoms with E-state index >= 15 is 0 Å². The Morgan fingerprint density at radius 2 is 1.85 bits per heavy atom. The monoisotopic (exact) mass is 290 g/mol. The molecule has 0 aromatic heterocycles. The predicted octanol–water partition coefficient (Wildman–Crippen LogP) is 3.07. The van der Waals surface area contributed by atoms with Crippen molar-refractivity contribution in [1.82, 2.24) is 0 Å². The number of rotatable bonds is 4. The number of thioether (sulfide) groups is 1. The Kier molecular flexibility index (Phi) is 5.84. The summed E-state index contributed by atoms with van der Waals surface area (Å²) in [6.45, 7) is 4.89. The molecule has 106 valence electrons. The first kappa shape index (κ1) is 16.3. The van der Waals surface area contributed by atoms with E-state index in [1.54, 1.807) is 32.9 Å². The minimum Gasteiger partial charge on any atom is -0.481 e. The molecule has 1 rings (SSSR count). The SMILES string of the molecule is CC(=O)SCCC#Cc1ccc(C(C)(C)C(=O)O)cc1. The third kappa shape index (κ3) is 4.75. The van der Waals surface area contributed by atoms with Gasteiger partial charge >= 0.3 is 5.97 Å². The minimum absolute atomic E-state index is 0.104. The Morgan fingerprint density at radius 3 is 2.35 bits per heavy atom. The molecule has 0 bridgehead atoms. The molecule has 4 heteroatoms. The van der Waals surface area contributed by atoms with E-state index in [0.29, 0.717) is 12.2 Å². The summed E-state index contributed by atoms with van der Waals surface area (Å²) < 4.78 is 0. The molecule has 0 aliphatic carbocycles. The maximum atomic E-state index is 11.1. The number of carbonyl (C=O) groups is 2. The molecule has 0 amide bonds. The van der Waals surface area contributed by atoms with Crippen LogP contribution in [0.5, 0.6) is 0 Å². The van der Waals surface area contributed by atoms with Crippen molar-refractivity contribution in [2.75, 3.05) is 5.75 Å². The average molecular weight is 290 g/mol. The Balaban J connectivity index is 2.66. The van der Waals surface area contributed by atoms with Crippen LogP contribution >= 0.6 is 11.8 Å². The van der Waals surface area contributed by atoms with Crippen LogP contribution in [0.3, 0.4) is 0 Å². The Morgan fingerprint density at radius 1 is 1.25 bits per heavy atom. The summed E-state index contributed by atoms with van der Waals surface area (Å²) in [6.07, 6.45) is 0.659. The second-order valence-electron chi connectivity index (χ2n) is 4.90. The van der Waals surface area contributed by atoms with Crippen molar-refractivity contribution in [3.8, 4) is 11.8 Å². The lowest BCUT2D eigenvalue weighted by Gasteiger charge is -2.19. The highest BCUT2D eigenvalue weighted by Crippen LogP contribution is 2.23. The molecule has 0 heterocycles. The summed E-state index contributed by atoms with van der Waals surface area (Å²) in [5.41, 5.74) is 0.704. The highest BCUT2D eigenvalue weighted by atomic mass is 32.2. The van der Waals surface area contributed by atoms with E-state index in [0.717, 1.165) is 11.1 Å². The number of benzene rings is 1. The quantitative estimate of drug-likeness (QED) is 0.684. The molecule has 0 saturated carbocycles. The molecule has 20 heavy (non-hydrogen) atoms. The van der Waals surface area contributed by atoms with E-state index in [-0.39, 0.29) is 5.12 Å². The maximum Gasteiger partial charge on any atom is 0.313 e. The van der Waals surface area contributed by atoms with Gasteiger partial charge in [0.15, 0.2) is 5.12 Å². The number of hydrogen-bond acceptors (Lipinski definition) is 3. The first-order valence-corrected chi connectivity index (χ1v) is 7.29. The van der Waals surface area contributed by atoms with Crippen LogP contribution in [0.4, 0.5) is 0 Å². The van der Waals surface area contributed by atoms with Gasteiger partial charge in [0.1, 0.15) is 0 Å². The smallest absolute Gasteiger partial charge is 0.313 e. The Labute approximate surface area is 123 Å². The number of hydrogen-bond donors (Lipinski definition) is 1. The maximum absolute atomic E-state index is 11.1. The molecule has 0 unspecified atom stereocenters. The lowest BCUT2D eigenvalue weighted by molar-refractivity contribution is -0.142. The highest BCUT2D eigenvalue weighted by Gasteiger charge is 2.28. The second-order valence-corrected chi connectivity index (χ2v) is 6.17. The zero-order valence-electron chi connectivity index (χ0n) is 11.9. The van der Waals surface area contributed by atoms with E-state index < -0.39 is 11.4 Å². The third-order valence-corrected chi connectivity index (χ3v) is 3.72. The Hall–Kier alpha value is -1.73. The lowest BCUT2D eigenvalue weighted by Crippen LogP contribution is -2.28. The molecule has 0 spiro atoms. The van der Waals surface area contributed by atoms with Gasteiger partial charge in [-0.3, -0.25) is 9.59 Å². The van der Waals surface area contributed by atoms with Gasteiger partial charge in [-0.15, -0.1) is 0 Å². The van der Waals surface area contributed by atoms with Crippen molar-refractivity contribution in [3.05, 3.63) is 35.4 Å². The zero-order valence-corrected chi connectivity index (χ0v) is 12.7. The van der Waals surface area contributed by atoms with Gasteiger partial charge in [0.2, 0.25) is 0 Å². The van der Waals surface area contributed by atoms with Crippen molar-refractivity contribution < 1.29 is 14.7 Å². The molecule has 1 aromatic carbocycles. The van der Waals surface area contributed by atoms with Crippen LogP contribution in [0.2, 0.25) is 0 Å². The number of carbonyl (C=O) groups excluding carboxylic acids is 1. The average Bonchev–Trinajstić information content (AvgIpc) is 2.38. The van der Waals surface area contributed by atoms with Gasteiger partial charge in [-0.05, 0) is 31.5 Å². The summed E-state index contributed by atoms with van der Waals surface area (Å²) in [6, 6.07) is 7.24. The molecule has 1 aromatic rings. The summed E-state index contributed by atoms with van der Waals surface area (Å²) in [5.74, 6) is 5.85. The summed E-state index contributed by atoms with van der Waals surface area (Å²) in [7, 11) is 0. The molecule has 3 nitrogen and oxygen atoms in total. The van der Waals surface area contributed by atoms with Crippen molar-refractivity contribution in [1.29, 1.82) is 0 Å². The van der Waals surface area contributed by atoms with Crippen LogP contribution < -0.4 is 0 Å². The molecule has 0 aliphatic heterocycles. The largest absolute Gasteiger partial charge is 0.481 e. The molecule has 0 atom stereocenters. The summed E-state index contributed by atoms with van der Waals surface area (Å²) >= 11 is 1.27. The number of carboxylic acid groups (broad SMARTS) is 1. The van der Waals surface area contributed by atoms with Crippen LogP contribution in [-0.4, -0.2) is 21.9 Å². The number of aliphatic carboxylic acids is 1. The van der Waals surface area contributed by atoms with E-state index in [2.05, 4.69) is 11.8 Å². The molecular formula is C16H18O3S. The van der Waals surface area contributed by atoms with Gasteiger partial charge in [-0.1, -0.05) is 35.7 Å². The minimum atomic E-state index is -0.899. The summed E-state index contributed by atoms with van der Waals surface area (Å²) in [4.78, 5) is 21.9. The first-order chi connectivity index (χ1) is 9.34. The van der Waals surface area contributed by atoms with Crippen molar-refractivity contribution in [2.45, 2.75) is 32.6 Å². The topological polar surface area (TPSA) is 54.4 Å². The van der Waals surface area contributed by atoms with Crippen molar-refractivity contribution in [2.24, 2.45) is 0 Å². The normalized spacial score (nSPS) is 10.6. The number of carboxylic acids is 1. The van der Waals surface area contributed by atoms with E-state index in [1.807, 2.05) is 12.1 Å². The third-order valence-electron chi connectivity index (χ3n) is 2.91. The van der Waals surface area contributed by atoms with Gasteiger partial charge in [0.05, 0.1) is 5.41 Å². The Bertz CT molecular complexity index is 547. The van der Waals surface area contributed by atoms with E-state index in [4.69, 9.17) is 5.11 Å². The second kappa shape index (κ2) is 7.16. The van der Waals surface area contributed by atoms with Gasteiger partial charge in [-0.25, -0.2) is 0 Å². The van der Waals surface area contributed by atoms with Crippen molar-refractivity contribution in [3.63, 3.8) is 0 Å². The molecule has 0 radical (unpaired) electrons. The zero-order chi connectivity index (χ0) is 15.2. The van der Waals surface area contributed by atoms with Crippen LogP contribution in [0.1, 0.15) is 38.3 Å². The van der Waals surface area contributed by atoms with Crippen LogP contribution in [-0.2, 0) is 15.0 Å². The molecule has 0 fully saturated rings. The molecule has 1 N–H and O–H groups in total. The summed E-state index contributed by atoms with van der Waals surface area (Å²) in [5, 5.41) is 9.26. The van der Waals surface area contributed by atoms with Gasteiger partial charge in [0, 0.05) is 24.7 Å². The molecule has 0 saturated heterocycles.